The van der Waals surface area contributed by atoms with E-state index < -0.39 is 0 Å². The molecule has 0 atom stereocenters. The van der Waals surface area contributed by atoms with E-state index in [2.05, 4.69) is 10.6 Å². The quantitative estimate of drug-likeness (QED) is 0.829. The number of methoxy groups -OCH3 is 1. The molecule has 2 amide bonds. The number of hydrogen-bond donors (Lipinski definition) is 2. The maximum atomic E-state index is 13.4. The van der Waals surface area contributed by atoms with E-state index in [1.165, 1.54) is 26.0 Å². The van der Waals surface area contributed by atoms with Crippen molar-refractivity contribution in [3.8, 4) is 0 Å². The second kappa shape index (κ2) is 6.52. The molecule has 1 aromatic carbocycles. The van der Waals surface area contributed by atoms with Gasteiger partial charge in [-0.2, -0.15) is 0 Å². The summed E-state index contributed by atoms with van der Waals surface area (Å²) in [4.78, 5) is 11.5. The van der Waals surface area contributed by atoms with Gasteiger partial charge in [0.2, 0.25) is 0 Å². The lowest BCUT2D eigenvalue weighted by Gasteiger charge is -2.09. The fourth-order valence-corrected chi connectivity index (χ4v) is 1.81. The third kappa shape index (κ3) is 4.52. The van der Waals surface area contributed by atoms with Gasteiger partial charge in [-0.15, -0.1) is 0 Å². The smallest absolute Gasteiger partial charge is 0.315 e. The number of benzene rings is 1. The van der Waals surface area contributed by atoms with Crippen molar-refractivity contribution < 1.29 is 13.9 Å². The van der Waals surface area contributed by atoms with Crippen LogP contribution in [-0.2, 0) is 17.9 Å². The van der Waals surface area contributed by atoms with Crippen LogP contribution in [0.1, 0.15) is 24.0 Å². The molecule has 19 heavy (non-hydrogen) atoms. The van der Waals surface area contributed by atoms with E-state index in [0.717, 1.165) is 12.1 Å². The van der Waals surface area contributed by atoms with Gasteiger partial charge < -0.3 is 15.4 Å². The van der Waals surface area contributed by atoms with Gasteiger partial charge in [0.1, 0.15) is 5.82 Å². The minimum Gasteiger partial charge on any atom is -0.380 e. The van der Waals surface area contributed by atoms with E-state index >= 15 is 0 Å². The molecule has 1 fully saturated rings. The molecular weight excluding hydrogens is 247 g/mol. The molecule has 5 heteroatoms. The molecule has 1 aromatic rings. The summed E-state index contributed by atoms with van der Waals surface area (Å²) in [5, 5.41) is 5.57. The predicted molar refractivity (Wildman–Crippen MR) is 70.1 cm³/mol. The predicted octanol–water partition coefficient (Wildman–Crippen LogP) is 2.18. The van der Waals surface area contributed by atoms with Crippen LogP contribution in [0.25, 0.3) is 0 Å². The SMILES string of the molecule is COCc1cc(CNC(=O)NCC2CC2)ccc1F. The summed E-state index contributed by atoms with van der Waals surface area (Å²) in [6.45, 7) is 1.35. The number of amides is 2. The van der Waals surface area contributed by atoms with E-state index in [1.807, 2.05) is 0 Å². The minimum absolute atomic E-state index is 0.176. The molecule has 0 heterocycles. The topological polar surface area (TPSA) is 50.4 Å². The molecule has 0 bridgehead atoms. The molecule has 2 rings (SSSR count). The van der Waals surface area contributed by atoms with Crippen LogP contribution in [0.2, 0.25) is 0 Å². The highest BCUT2D eigenvalue weighted by Gasteiger charge is 2.21. The summed E-state index contributed by atoms with van der Waals surface area (Å²) in [6, 6.07) is 4.59. The Balaban J connectivity index is 1.80. The fourth-order valence-electron chi connectivity index (χ4n) is 1.81. The third-order valence-electron chi connectivity index (χ3n) is 3.11. The molecule has 1 saturated carbocycles. The zero-order chi connectivity index (χ0) is 13.7. The molecule has 2 N–H and O–H groups in total. The lowest BCUT2D eigenvalue weighted by atomic mass is 10.1. The van der Waals surface area contributed by atoms with Crippen molar-refractivity contribution in [2.24, 2.45) is 5.92 Å². The summed E-state index contributed by atoms with van der Waals surface area (Å²) in [5.41, 5.74) is 1.36. The summed E-state index contributed by atoms with van der Waals surface area (Å²) >= 11 is 0. The molecule has 0 saturated heterocycles. The van der Waals surface area contributed by atoms with Crippen LogP contribution in [0.15, 0.2) is 18.2 Å². The maximum Gasteiger partial charge on any atom is 0.315 e. The zero-order valence-electron chi connectivity index (χ0n) is 11.0. The Kier molecular flexibility index (Phi) is 4.74. The van der Waals surface area contributed by atoms with Gasteiger partial charge in [0.05, 0.1) is 6.61 Å². The number of ether oxygens (including phenoxy) is 1. The molecule has 4 nitrogen and oxygen atoms in total. The van der Waals surface area contributed by atoms with Gasteiger partial charge >= 0.3 is 6.03 Å². The Labute approximate surface area is 112 Å². The Hall–Kier alpha value is -1.62. The first-order valence-corrected chi connectivity index (χ1v) is 6.47. The first-order valence-electron chi connectivity index (χ1n) is 6.47. The standard InChI is InChI=1S/C14H19FN2O2/c1-19-9-12-6-11(4-5-13(12)15)8-17-14(18)16-7-10-2-3-10/h4-6,10H,2-3,7-9H2,1H3,(H2,16,17,18). The summed E-state index contributed by atoms with van der Waals surface area (Å²) in [6.07, 6.45) is 2.41. The Morgan fingerprint density at radius 3 is 2.89 bits per heavy atom. The lowest BCUT2D eigenvalue weighted by molar-refractivity contribution is 0.181. The summed E-state index contributed by atoms with van der Waals surface area (Å²) < 4.78 is 18.3. The Morgan fingerprint density at radius 1 is 1.42 bits per heavy atom. The van der Waals surface area contributed by atoms with Gasteiger partial charge in [0, 0.05) is 25.8 Å². The van der Waals surface area contributed by atoms with E-state index in [9.17, 15) is 9.18 Å². The lowest BCUT2D eigenvalue weighted by Crippen LogP contribution is -2.36. The number of carbonyl (C=O) groups is 1. The average Bonchev–Trinajstić information content (AvgIpc) is 3.21. The van der Waals surface area contributed by atoms with Gasteiger partial charge in [-0.05, 0) is 36.5 Å². The van der Waals surface area contributed by atoms with Gasteiger partial charge in [-0.25, -0.2) is 9.18 Å². The molecule has 1 aliphatic carbocycles. The van der Waals surface area contributed by atoms with Crippen LogP contribution in [0, 0.1) is 11.7 Å². The van der Waals surface area contributed by atoms with Crippen LogP contribution in [0.5, 0.6) is 0 Å². The van der Waals surface area contributed by atoms with E-state index in [-0.39, 0.29) is 18.5 Å². The monoisotopic (exact) mass is 266 g/mol. The van der Waals surface area contributed by atoms with Crippen molar-refractivity contribution >= 4 is 6.03 Å². The number of urea groups is 1. The van der Waals surface area contributed by atoms with E-state index in [0.29, 0.717) is 18.0 Å². The molecular formula is C14H19FN2O2. The first kappa shape index (κ1) is 13.8. The van der Waals surface area contributed by atoms with Crippen molar-refractivity contribution in [3.05, 3.63) is 35.1 Å². The normalized spacial score (nSPS) is 14.2. The van der Waals surface area contributed by atoms with E-state index in [4.69, 9.17) is 4.74 Å². The highest BCUT2D eigenvalue weighted by atomic mass is 19.1. The van der Waals surface area contributed by atoms with Crippen LogP contribution in [-0.4, -0.2) is 19.7 Å². The number of carbonyl (C=O) groups excluding carboxylic acids is 1. The number of hydrogen-bond acceptors (Lipinski definition) is 2. The second-order valence-corrected chi connectivity index (χ2v) is 4.87. The van der Waals surface area contributed by atoms with Gasteiger partial charge in [0.25, 0.3) is 0 Å². The minimum atomic E-state index is -0.288. The van der Waals surface area contributed by atoms with E-state index in [1.54, 1.807) is 12.1 Å². The largest absolute Gasteiger partial charge is 0.380 e. The number of halogens is 1. The highest BCUT2D eigenvalue weighted by Crippen LogP contribution is 2.27. The summed E-state index contributed by atoms with van der Waals surface area (Å²) in [7, 11) is 1.52. The van der Waals surface area contributed by atoms with Crippen molar-refractivity contribution in [1.29, 1.82) is 0 Å². The van der Waals surface area contributed by atoms with Crippen molar-refractivity contribution in [1.82, 2.24) is 10.6 Å². The van der Waals surface area contributed by atoms with Crippen LogP contribution < -0.4 is 10.6 Å². The molecule has 0 aromatic heterocycles. The molecule has 0 aliphatic heterocycles. The summed E-state index contributed by atoms with van der Waals surface area (Å²) in [5.74, 6) is 0.369. The Bertz CT molecular complexity index is 447. The van der Waals surface area contributed by atoms with Crippen LogP contribution in [0.3, 0.4) is 0 Å². The molecule has 1 aliphatic rings. The van der Waals surface area contributed by atoms with Crippen molar-refractivity contribution in [3.63, 3.8) is 0 Å². The first-order chi connectivity index (χ1) is 9.19. The third-order valence-corrected chi connectivity index (χ3v) is 3.11. The number of rotatable bonds is 6. The zero-order valence-corrected chi connectivity index (χ0v) is 11.0. The highest BCUT2D eigenvalue weighted by molar-refractivity contribution is 5.73. The van der Waals surface area contributed by atoms with Gasteiger partial charge in [-0.3, -0.25) is 0 Å². The molecule has 0 radical (unpaired) electrons. The van der Waals surface area contributed by atoms with Crippen molar-refractivity contribution in [2.75, 3.05) is 13.7 Å². The van der Waals surface area contributed by atoms with Crippen LogP contribution in [0.4, 0.5) is 9.18 Å². The van der Waals surface area contributed by atoms with Gasteiger partial charge in [-0.1, -0.05) is 6.07 Å². The maximum absolute atomic E-state index is 13.4. The number of nitrogens with one attached hydrogen (secondary N) is 2. The van der Waals surface area contributed by atoms with Crippen molar-refractivity contribution in [2.45, 2.75) is 26.0 Å². The van der Waals surface area contributed by atoms with Gasteiger partial charge in [0.15, 0.2) is 0 Å². The average molecular weight is 266 g/mol. The molecule has 104 valence electrons. The van der Waals surface area contributed by atoms with Crippen LogP contribution >= 0.6 is 0 Å². The second-order valence-electron chi connectivity index (χ2n) is 4.87. The Morgan fingerprint density at radius 2 is 2.21 bits per heavy atom. The molecule has 0 spiro atoms. The molecule has 0 unspecified atom stereocenters. The fraction of sp³-hybridized carbons (Fsp3) is 0.500.